The monoisotopic (exact) mass is 396 g/mol. The summed E-state index contributed by atoms with van der Waals surface area (Å²) in [5.41, 5.74) is 6.48. The van der Waals surface area contributed by atoms with Gasteiger partial charge in [0.25, 0.3) is 0 Å². The van der Waals surface area contributed by atoms with Crippen LogP contribution in [0.3, 0.4) is 0 Å². The van der Waals surface area contributed by atoms with Gasteiger partial charge >= 0.3 is 0 Å². The minimum atomic E-state index is 0.700. The quantitative estimate of drug-likeness (QED) is 0.336. The summed E-state index contributed by atoms with van der Waals surface area (Å²) in [7, 11) is 0. The molecule has 0 saturated heterocycles. The van der Waals surface area contributed by atoms with Gasteiger partial charge in [-0.25, -0.2) is 0 Å². The molecule has 3 aromatic carbocycles. The van der Waals surface area contributed by atoms with Crippen LogP contribution in [-0.2, 0) is 19.3 Å². The van der Waals surface area contributed by atoms with Crippen molar-refractivity contribution in [1.29, 1.82) is 0 Å². The van der Waals surface area contributed by atoms with Crippen molar-refractivity contribution in [1.82, 2.24) is 0 Å². The highest BCUT2D eigenvalue weighted by molar-refractivity contribution is 6.34. The average molecular weight is 397 g/mol. The third-order valence-corrected chi connectivity index (χ3v) is 5.37. The molecule has 0 heterocycles. The van der Waals surface area contributed by atoms with Gasteiger partial charge < -0.3 is 0 Å². The van der Waals surface area contributed by atoms with Crippen molar-refractivity contribution in [3.63, 3.8) is 0 Å². The van der Waals surface area contributed by atoms with E-state index in [0.717, 1.165) is 12.8 Å². The van der Waals surface area contributed by atoms with Gasteiger partial charge in [0.15, 0.2) is 0 Å². The Kier molecular flexibility index (Phi) is 7.38. The molecule has 0 nitrogen and oxygen atoms in total. The second kappa shape index (κ2) is 9.97. The Hall–Kier alpha value is -1.76. The molecule has 0 fully saturated rings. The normalized spacial score (nSPS) is 10.9. The first-order chi connectivity index (χ1) is 13.1. The number of rotatable bonds is 8. The minimum Gasteiger partial charge on any atom is -0.0843 e. The summed E-state index contributed by atoms with van der Waals surface area (Å²) in [6, 6.07) is 23.6. The van der Waals surface area contributed by atoms with Crippen LogP contribution in [0.1, 0.15) is 42.9 Å². The molecular weight excluding hydrogens is 371 g/mol. The highest BCUT2D eigenvalue weighted by Crippen LogP contribution is 2.23. The summed E-state index contributed by atoms with van der Waals surface area (Å²) >= 11 is 12.2. The molecule has 0 N–H and O–H groups in total. The predicted octanol–water partition coefficient (Wildman–Crippen LogP) is 8.18. The van der Waals surface area contributed by atoms with Crippen LogP contribution in [0.15, 0.2) is 66.7 Å². The van der Waals surface area contributed by atoms with Gasteiger partial charge in [-0.15, -0.1) is 0 Å². The fourth-order valence-corrected chi connectivity index (χ4v) is 3.92. The molecular formula is C25H26Cl2. The number of halogens is 2. The first-order valence-corrected chi connectivity index (χ1v) is 10.5. The van der Waals surface area contributed by atoms with Crippen LogP contribution >= 0.6 is 23.2 Å². The zero-order valence-corrected chi connectivity index (χ0v) is 17.4. The van der Waals surface area contributed by atoms with E-state index >= 15 is 0 Å². The molecule has 0 aliphatic rings. The number of unbranched alkanes of at least 4 members (excludes halogenated alkanes) is 2. The third kappa shape index (κ3) is 6.13. The zero-order chi connectivity index (χ0) is 19.1. The Morgan fingerprint density at radius 1 is 0.556 bits per heavy atom. The van der Waals surface area contributed by atoms with Crippen LogP contribution in [-0.4, -0.2) is 0 Å². The van der Waals surface area contributed by atoms with Gasteiger partial charge in [-0.1, -0.05) is 91.5 Å². The van der Waals surface area contributed by atoms with E-state index in [4.69, 9.17) is 23.2 Å². The molecule has 0 amide bonds. The Morgan fingerprint density at radius 2 is 1.04 bits per heavy atom. The van der Waals surface area contributed by atoms with E-state index in [-0.39, 0.29) is 0 Å². The Morgan fingerprint density at radius 3 is 1.56 bits per heavy atom. The van der Waals surface area contributed by atoms with E-state index in [1.165, 1.54) is 53.5 Å². The molecule has 0 saturated carbocycles. The second-order valence-electron chi connectivity index (χ2n) is 7.13. The Labute approximate surface area is 173 Å². The molecule has 3 rings (SSSR count). The molecule has 0 aromatic heterocycles. The van der Waals surface area contributed by atoms with E-state index in [1.54, 1.807) is 6.07 Å². The van der Waals surface area contributed by atoms with Crippen molar-refractivity contribution < 1.29 is 0 Å². The van der Waals surface area contributed by atoms with Crippen LogP contribution in [0.25, 0.3) is 11.1 Å². The summed E-state index contributed by atoms with van der Waals surface area (Å²) in [6.07, 6.45) is 6.96. The predicted molar refractivity (Wildman–Crippen MR) is 119 cm³/mol. The molecule has 0 atom stereocenters. The largest absolute Gasteiger partial charge is 0.0843 e. The molecule has 0 radical (unpaired) electrons. The van der Waals surface area contributed by atoms with Crippen LogP contribution in [0.4, 0.5) is 0 Å². The van der Waals surface area contributed by atoms with Crippen LogP contribution in [0.5, 0.6) is 0 Å². The molecule has 27 heavy (non-hydrogen) atoms. The minimum absolute atomic E-state index is 0.700. The summed E-state index contributed by atoms with van der Waals surface area (Å²) in [5.74, 6) is 0. The summed E-state index contributed by atoms with van der Waals surface area (Å²) in [4.78, 5) is 0. The summed E-state index contributed by atoms with van der Waals surface area (Å²) in [5, 5.41) is 1.40. The van der Waals surface area contributed by atoms with Gasteiger partial charge in [-0.2, -0.15) is 0 Å². The van der Waals surface area contributed by atoms with Gasteiger partial charge in [-0.05, 0) is 71.7 Å². The number of hydrogen-bond donors (Lipinski definition) is 0. The zero-order valence-electron chi connectivity index (χ0n) is 15.8. The van der Waals surface area contributed by atoms with E-state index in [9.17, 15) is 0 Å². The fourth-order valence-electron chi connectivity index (χ4n) is 3.35. The molecule has 0 bridgehead atoms. The van der Waals surface area contributed by atoms with Crippen molar-refractivity contribution in [2.75, 3.05) is 0 Å². The smallest absolute Gasteiger partial charge is 0.0423 e. The highest BCUT2D eigenvalue weighted by atomic mass is 35.5. The molecule has 2 heteroatoms. The van der Waals surface area contributed by atoms with Gasteiger partial charge in [-0.3, -0.25) is 0 Å². The summed E-state index contributed by atoms with van der Waals surface area (Å²) < 4.78 is 0. The van der Waals surface area contributed by atoms with E-state index in [2.05, 4.69) is 55.5 Å². The lowest BCUT2D eigenvalue weighted by atomic mass is 9.99. The van der Waals surface area contributed by atoms with Crippen molar-refractivity contribution in [2.24, 2.45) is 0 Å². The van der Waals surface area contributed by atoms with Crippen LogP contribution in [0, 0.1) is 0 Å². The van der Waals surface area contributed by atoms with Crippen molar-refractivity contribution >= 4 is 23.2 Å². The summed E-state index contributed by atoms with van der Waals surface area (Å²) in [6.45, 7) is 2.25. The number of aryl methyl sites for hydroxylation is 3. The first kappa shape index (κ1) is 20.0. The maximum Gasteiger partial charge on any atom is 0.0423 e. The number of hydrogen-bond acceptors (Lipinski definition) is 0. The molecule has 0 aliphatic carbocycles. The molecule has 0 spiro atoms. The fraction of sp³-hybridized carbons (Fsp3) is 0.280. The lowest BCUT2D eigenvalue weighted by Gasteiger charge is -2.07. The van der Waals surface area contributed by atoms with Crippen molar-refractivity contribution in [2.45, 2.75) is 45.4 Å². The van der Waals surface area contributed by atoms with Gasteiger partial charge in [0.05, 0.1) is 0 Å². The highest BCUT2D eigenvalue weighted by Gasteiger charge is 2.02. The molecule has 3 aromatic rings. The number of benzene rings is 3. The van der Waals surface area contributed by atoms with Gasteiger partial charge in [0, 0.05) is 10.0 Å². The standard InChI is InChI=1S/C25H26Cl2/c1-2-3-4-5-19-8-12-22(13-9-19)23-14-10-20(11-15-23)6-7-21-16-24(26)18-25(27)17-21/h8-18H,2-7H2,1H3. The topological polar surface area (TPSA) is 0 Å². The lowest BCUT2D eigenvalue weighted by Crippen LogP contribution is -1.92. The average Bonchev–Trinajstić information content (AvgIpc) is 2.67. The third-order valence-electron chi connectivity index (χ3n) is 4.93. The molecule has 0 aliphatic heterocycles. The maximum atomic E-state index is 6.08. The molecule has 0 unspecified atom stereocenters. The van der Waals surface area contributed by atoms with Crippen molar-refractivity contribution in [3.8, 4) is 11.1 Å². The second-order valence-corrected chi connectivity index (χ2v) is 8.00. The maximum absolute atomic E-state index is 6.08. The Balaban J connectivity index is 1.59. The van der Waals surface area contributed by atoms with Crippen molar-refractivity contribution in [3.05, 3.63) is 93.5 Å². The van der Waals surface area contributed by atoms with Crippen LogP contribution < -0.4 is 0 Å². The Bertz CT molecular complexity index is 828. The van der Waals surface area contributed by atoms with E-state index in [1.807, 2.05) is 12.1 Å². The van der Waals surface area contributed by atoms with Crippen LogP contribution in [0.2, 0.25) is 10.0 Å². The first-order valence-electron chi connectivity index (χ1n) is 9.77. The molecule has 140 valence electrons. The SMILES string of the molecule is CCCCCc1ccc(-c2ccc(CCc3cc(Cl)cc(Cl)c3)cc2)cc1. The van der Waals surface area contributed by atoms with Gasteiger partial charge in [0.2, 0.25) is 0 Å². The lowest BCUT2D eigenvalue weighted by molar-refractivity contribution is 0.717. The van der Waals surface area contributed by atoms with E-state index in [0.29, 0.717) is 10.0 Å². The van der Waals surface area contributed by atoms with E-state index < -0.39 is 0 Å². The van der Waals surface area contributed by atoms with Gasteiger partial charge in [0.1, 0.15) is 0 Å².